The fourth-order valence-electron chi connectivity index (χ4n) is 7.93. The van der Waals surface area contributed by atoms with Crippen LogP contribution in [0.3, 0.4) is 0 Å². The minimum Gasteiger partial charge on any atom is -0.462 e. The van der Waals surface area contributed by atoms with Gasteiger partial charge in [0.2, 0.25) is 5.82 Å². The highest BCUT2D eigenvalue weighted by Gasteiger charge is 2.35. The Morgan fingerprint density at radius 1 is 1.04 bits per heavy atom. The number of esters is 1. The summed E-state index contributed by atoms with van der Waals surface area (Å²) in [4.78, 5) is 27.6. The molecule has 2 aliphatic rings. The molecule has 0 radical (unpaired) electrons. The van der Waals surface area contributed by atoms with Crippen molar-refractivity contribution in [3.8, 4) is 22.5 Å². The van der Waals surface area contributed by atoms with E-state index in [9.17, 15) is 9.59 Å². The second kappa shape index (κ2) is 14.8. The molecule has 4 aromatic rings. The lowest BCUT2D eigenvalue weighted by Crippen LogP contribution is -2.37. The van der Waals surface area contributed by atoms with E-state index in [4.69, 9.17) is 4.74 Å². The Morgan fingerprint density at radius 2 is 1.83 bits per heavy atom. The van der Waals surface area contributed by atoms with Gasteiger partial charge >= 0.3 is 5.97 Å². The van der Waals surface area contributed by atoms with Crippen LogP contribution in [0.5, 0.6) is 0 Å². The van der Waals surface area contributed by atoms with Crippen molar-refractivity contribution in [1.82, 2.24) is 30.0 Å². The van der Waals surface area contributed by atoms with E-state index in [1.54, 1.807) is 0 Å². The maximum absolute atomic E-state index is 14.0. The number of tetrazole rings is 1. The summed E-state index contributed by atoms with van der Waals surface area (Å²) in [6.45, 7) is 9.65. The van der Waals surface area contributed by atoms with Crippen LogP contribution in [0.25, 0.3) is 22.5 Å². The molecule has 3 heterocycles. The first-order chi connectivity index (χ1) is 22.8. The third-order valence-corrected chi connectivity index (χ3v) is 10.5. The summed E-state index contributed by atoms with van der Waals surface area (Å²) in [7, 11) is 0. The van der Waals surface area contributed by atoms with Gasteiger partial charge in [-0.15, -0.1) is 10.2 Å². The molecule has 1 saturated carbocycles. The number of nitrogens with one attached hydrogen (secondary N) is 1. The molecule has 1 aliphatic heterocycles. The van der Waals surface area contributed by atoms with Crippen LogP contribution < -0.4 is 5.56 Å². The van der Waals surface area contributed by atoms with Gasteiger partial charge in [-0.05, 0) is 78.2 Å². The van der Waals surface area contributed by atoms with Crippen molar-refractivity contribution < 1.29 is 9.53 Å². The predicted octanol–water partition coefficient (Wildman–Crippen LogP) is 7.55. The lowest BCUT2D eigenvalue weighted by Gasteiger charge is -2.37. The summed E-state index contributed by atoms with van der Waals surface area (Å²) in [5.74, 6) is 1.93. The molecule has 1 aliphatic carbocycles. The van der Waals surface area contributed by atoms with Crippen LogP contribution in [-0.2, 0) is 28.9 Å². The van der Waals surface area contributed by atoms with Gasteiger partial charge in [-0.3, -0.25) is 14.3 Å². The topological polar surface area (TPSA) is 108 Å². The zero-order valence-electron chi connectivity index (χ0n) is 28.5. The number of carbonyl (C=O) groups is 1. The van der Waals surface area contributed by atoms with Crippen molar-refractivity contribution in [1.29, 1.82) is 0 Å². The third kappa shape index (κ3) is 7.29. The summed E-state index contributed by atoms with van der Waals surface area (Å²) < 4.78 is 10.4. The number of fused-ring (bicyclic) bond motifs is 1. The molecule has 1 fully saturated rings. The Labute approximate surface area is 278 Å². The summed E-state index contributed by atoms with van der Waals surface area (Å²) >= 11 is 0. The number of hydrogen-bond acceptors (Lipinski definition) is 6. The van der Waals surface area contributed by atoms with Gasteiger partial charge in [-0.1, -0.05) is 95.5 Å². The Kier molecular flexibility index (Phi) is 10.4. The molecule has 0 amide bonds. The summed E-state index contributed by atoms with van der Waals surface area (Å²) in [6, 6.07) is 16.4. The first-order valence-electron chi connectivity index (χ1n) is 17.8. The molecule has 47 heavy (non-hydrogen) atoms. The van der Waals surface area contributed by atoms with Crippen LogP contribution >= 0.6 is 0 Å². The number of benzene rings is 2. The van der Waals surface area contributed by atoms with E-state index in [2.05, 4.69) is 83.3 Å². The van der Waals surface area contributed by atoms with Gasteiger partial charge in [0.15, 0.2) is 0 Å². The Morgan fingerprint density at radius 3 is 2.55 bits per heavy atom. The molecule has 6 rings (SSSR count). The fraction of sp³-hybridized carbons (Fsp3) is 0.553. The number of aromatic amines is 1. The van der Waals surface area contributed by atoms with Gasteiger partial charge in [-0.25, -0.2) is 4.68 Å². The van der Waals surface area contributed by atoms with E-state index < -0.39 is 0 Å². The van der Waals surface area contributed by atoms with E-state index in [0.29, 0.717) is 43.0 Å². The van der Waals surface area contributed by atoms with Crippen molar-refractivity contribution in [2.24, 2.45) is 17.8 Å². The molecule has 0 spiro atoms. The molecular formula is C38H50N6O3. The molecule has 2 aromatic carbocycles. The zero-order valence-corrected chi connectivity index (χ0v) is 28.5. The number of carbonyl (C=O) groups excluding carboxylic acids is 1. The van der Waals surface area contributed by atoms with Crippen LogP contribution in [0, 0.1) is 17.8 Å². The average molecular weight is 639 g/mol. The van der Waals surface area contributed by atoms with Gasteiger partial charge in [0.05, 0.1) is 12.5 Å². The Hall–Kier alpha value is -4.01. The minimum absolute atomic E-state index is 0.0107. The second-order valence-corrected chi connectivity index (χ2v) is 14.2. The third-order valence-electron chi connectivity index (χ3n) is 10.5. The number of rotatable bonds is 12. The van der Waals surface area contributed by atoms with Crippen molar-refractivity contribution in [3.63, 3.8) is 0 Å². The van der Waals surface area contributed by atoms with Crippen LogP contribution in [-0.4, -0.2) is 42.1 Å². The van der Waals surface area contributed by atoms with Crippen LogP contribution in [0.2, 0.25) is 0 Å². The van der Waals surface area contributed by atoms with E-state index in [-0.39, 0.29) is 23.7 Å². The highest BCUT2D eigenvalue weighted by molar-refractivity contribution is 5.80. The summed E-state index contributed by atoms with van der Waals surface area (Å²) in [5, 5.41) is 14.6. The standard InChI is InChI=1S/C38H50N6O3/c1-5-6-7-14-34-33(23-27-16-18-28(19-17-27)31-12-8-9-13-32(31)37-39-41-42-40-37)38(46)43-21-10-11-29(44(34)43)24-36(45)47-35-22-26(4)15-20-30(35)25(2)3/h8-9,12-13,16-19,25-26,29-30,35H,5-7,10-11,14-15,20-24H2,1-4H3,(H,39,40,41,42). The van der Waals surface area contributed by atoms with Crippen molar-refractivity contribution in [2.75, 3.05) is 0 Å². The number of nitrogens with zero attached hydrogens (tertiary/aromatic N) is 5. The fourth-order valence-corrected chi connectivity index (χ4v) is 7.93. The molecule has 0 saturated heterocycles. The quantitative estimate of drug-likeness (QED) is 0.127. The molecule has 4 unspecified atom stereocenters. The first kappa shape index (κ1) is 32.9. The van der Waals surface area contributed by atoms with Gasteiger partial charge in [0.1, 0.15) is 6.10 Å². The van der Waals surface area contributed by atoms with E-state index in [1.807, 2.05) is 22.9 Å². The number of unbranched alkanes of at least 4 members (excludes halogenated alkanes) is 2. The van der Waals surface area contributed by atoms with Gasteiger partial charge in [0.25, 0.3) is 5.56 Å². The van der Waals surface area contributed by atoms with Gasteiger partial charge in [0, 0.05) is 29.8 Å². The maximum atomic E-state index is 14.0. The highest BCUT2D eigenvalue weighted by atomic mass is 16.5. The average Bonchev–Trinajstić information content (AvgIpc) is 3.69. The molecular weight excluding hydrogens is 588 g/mol. The monoisotopic (exact) mass is 638 g/mol. The SMILES string of the molecule is CCCCCc1c(Cc2ccc(-c3ccccc3-c3nn[nH]n3)cc2)c(=O)n2n1C(CC(=O)OC1CC(C)CCC1C(C)C)CCC2. The van der Waals surface area contributed by atoms with E-state index in [1.165, 1.54) is 6.42 Å². The first-order valence-corrected chi connectivity index (χ1v) is 17.8. The van der Waals surface area contributed by atoms with Crippen LogP contribution in [0.4, 0.5) is 0 Å². The lowest BCUT2D eigenvalue weighted by molar-refractivity contribution is -0.157. The predicted molar refractivity (Wildman–Crippen MR) is 184 cm³/mol. The highest BCUT2D eigenvalue weighted by Crippen LogP contribution is 2.37. The Bertz CT molecular complexity index is 1690. The molecule has 1 N–H and O–H groups in total. The van der Waals surface area contributed by atoms with Crippen LogP contribution in [0.1, 0.15) is 108 Å². The summed E-state index contributed by atoms with van der Waals surface area (Å²) in [5.41, 5.74) is 6.12. The van der Waals surface area contributed by atoms with Gasteiger partial charge in [-0.2, -0.15) is 5.21 Å². The number of ether oxygens (including phenoxy) is 1. The smallest absolute Gasteiger partial charge is 0.308 e. The minimum atomic E-state index is -0.118. The maximum Gasteiger partial charge on any atom is 0.308 e. The molecule has 9 nitrogen and oxygen atoms in total. The molecule has 9 heteroatoms. The van der Waals surface area contributed by atoms with E-state index in [0.717, 1.165) is 84.9 Å². The number of hydrogen-bond donors (Lipinski definition) is 1. The van der Waals surface area contributed by atoms with Crippen molar-refractivity contribution in [3.05, 3.63) is 75.7 Å². The van der Waals surface area contributed by atoms with Crippen LogP contribution in [0.15, 0.2) is 53.3 Å². The van der Waals surface area contributed by atoms with Crippen molar-refractivity contribution in [2.45, 2.75) is 117 Å². The van der Waals surface area contributed by atoms with E-state index >= 15 is 0 Å². The lowest BCUT2D eigenvalue weighted by atomic mass is 9.75. The molecule has 4 atom stereocenters. The normalized spacial score (nSPS) is 21.1. The Balaban J connectivity index is 1.25. The summed E-state index contributed by atoms with van der Waals surface area (Å²) in [6.07, 6.45) is 9.98. The second-order valence-electron chi connectivity index (χ2n) is 14.2. The zero-order chi connectivity index (χ0) is 32.9. The number of H-pyrrole nitrogens is 1. The van der Waals surface area contributed by atoms with Gasteiger partial charge < -0.3 is 4.74 Å². The number of aromatic nitrogens is 6. The largest absolute Gasteiger partial charge is 0.462 e. The molecule has 0 bridgehead atoms. The molecule has 250 valence electrons. The van der Waals surface area contributed by atoms with Crippen molar-refractivity contribution >= 4 is 5.97 Å². The molecule has 2 aromatic heterocycles.